The lowest BCUT2D eigenvalue weighted by Crippen LogP contribution is -2.24. The van der Waals surface area contributed by atoms with Gasteiger partial charge in [-0.15, -0.1) is 0 Å². The molecule has 0 spiro atoms. The van der Waals surface area contributed by atoms with Crippen molar-refractivity contribution < 1.29 is 9.53 Å². The van der Waals surface area contributed by atoms with Crippen LogP contribution < -0.4 is 10.1 Å². The van der Waals surface area contributed by atoms with E-state index < -0.39 is 0 Å². The normalized spacial score (nSPS) is 15.6. The molecule has 0 saturated heterocycles. The first-order chi connectivity index (χ1) is 10.7. The molecule has 4 heteroatoms. The molecular weight excluding hydrogens is 276 g/mol. The van der Waals surface area contributed by atoms with Crippen LogP contribution >= 0.6 is 0 Å². The summed E-state index contributed by atoms with van der Waals surface area (Å²) in [6.45, 7) is 2.02. The minimum absolute atomic E-state index is 0.207. The summed E-state index contributed by atoms with van der Waals surface area (Å²) >= 11 is 0. The van der Waals surface area contributed by atoms with Crippen molar-refractivity contribution >= 4 is 17.8 Å². The van der Waals surface area contributed by atoms with Crippen LogP contribution in [0.5, 0.6) is 5.75 Å². The van der Waals surface area contributed by atoms with E-state index in [0.717, 1.165) is 11.1 Å². The van der Waals surface area contributed by atoms with E-state index in [1.54, 1.807) is 13.2 Å². The van der Waals surface area contributed by atoms with Gasteiger partial charge >= 0.3 is 0 Å². The van der Waals surface area contributed by atoms with E-state index in [2.05, 4.69) is 10.3 Å². The molecule has 3 rings (SSSR count). The van der Waals surface area contributed by atoms with Crippen molar-refractivity contribution in [1.82, 2.24) is 5.32 Å². The smallest absolute Gasteiger partial charge is 0.275 e. The molecular formula is C18H16N2O2. The Morgan fingerprint density at radius 3 is 2.55 bits per heavy atom. The molecule has 4 nitrogen and oxygen atoms in total. The van der Waals surface area contributed by atoms with Crippen LogP contribution in [0.1, 0.15) is 16.7 Å². The van der Waals surface area contributed by atoms with Crippen molar-refractivity contribution in [2.24, 2.45) is 4.99 Å². The zero-order valence-electron chi connectivity index (χ0n) is 12.5. The van der Waals surface area contributed by atoms with E-state index in [0.29, 0.717) is 17.3 Å². The summed E-state index contributed by atoms with van der Waals surface area (Å²) in [5.74, 6) is 1.08. The number of hydrogen-bond donors (Lipinski definition) is 1. The summed E-state index contributed by atoms with van der Waals surface area (Å²) in [6, 6.07) is 15.4. The molecule has 2 aromatic carbocycles. The molecule has 0 aliphatic carbocycles. The van der Waals surface area contributed by atoms with Crippen LogP contribution in [-0.4, -0.2) is 18.9 Å². The van der Waals surface area contributed by atoms with Gasteiger partial charge in [-0.2, -0.15) is 0 Å². The van der Waals surface area contributed by atoms with Crippen LogP contribution in [0.15, 0.2) is 59.2 Å². The molecule has 0 radical (unpaired) electrons. The van der Waals surface area contributed by atoms with Gasteiger partial charge in [-0.3, -0.25) is 4.79 Å². The third kappa shape index (κ3) is 2.76. The molecule has 1 aliphatic heterocycles. The number of amides is 1. The first kappa shape index (κ1) is 14.1. The average molecular weight is 292 g/mol. The van der Waals surface area contributed by atoms with Crippen LogP contribution in [0.4, 0.5) is 0 Å². The summed E-state index contributed by atoms with van der Waals surface area (Å²) in [5.41, 5.74) is 3.25. The fourth-order valence-electron chi connectivity index (χ4n) is 2.25. The maximum Gasteiger partial charge on any atom is 0.275 e. The highest BCUT2D eigenvalue weighted by Crippen LogP contribution is 2.22. The van der Waals surface area contributed by atoms with Crippen molar-refractivity contribution in [3.63, 3.8) is 0 Å². The second-order valence-electron chi connectivity index (χ2n) is 5.05. The number of nitrogens with zero attached hydrogens (tertiary/aromatic N) is 1. The summed E-state index contributed by atoms with van der Waals surface area (Å²) in [6.07, 6.45) is 1.73. The summed E-state index contributed by atoms with van der Waals surface area (Å²) < 4.78 is 5.29. The number of aliphatic imine (C=N–C) groups is 1. The average Bonchev–Trinajstić information content (AvgIpc) is 2.89. The summed E-state index contributed by atoms with van der Waals surface area (Å²) in [7, 11) is 1.60. The zero-order valence-corrected chi connectivity index (χ0v) is 12.5. The fourth-order valence-corrected chi connectivity index (χ4v) is 2.25. The highest BCUT2D eigenvalue weighted by atomic mass is 16.5. The largest absolute Gasteiger partial charge is 0.496 e. The summed E-state index contributed by atoms with van der Waals surface area (Å²) in [5, 5.41) is 2.80. The van der Waals surface area contributed by atoms with Gasteiger partial charge in [0.15, 0.2) is 0 Å². The molecule has 0 saturated carbocycles. The number of ether oxygens (including phenoxy) is 1. The third-order valence-corrected chi connectivity index (χ3v) is 3.45. The van der Waals surface area contributed by atoms with Crippen LogP contribution in [-0.2, 0) is 4.79 Å². The Kier molecular flexibility index (Phi) is 3.74. The Morgan fingerprint density at radius 2 is 1.82 bits per heavy atom. The van der Waals surface area contributed by atoms with Gasteiger partial charge in [0, 0.05) is 11.1 Å². The van der Waals surface area contributed by atoms with Crippen molar-refractivity contribution in [3.05, 3.63) is 70.9 Å². The second-order valence-corrected chi connectivity index (χ2v) is 5.05. The van der Waals surface area contributed by atoms with Crippen LogP contribution in [0.25, 0.3) is 6.08 Å². The first-order valence-electron chi connectivity index (χ1n) is 6.99. The highest BCUT2D eigenvalue weighted by Gasteiger charge is 2.21. The number of carbonyl (C=O) groups excluding carboxylic acids is 1. The molecule has 0 atom stereocenters. The van der Waals surface area contributed by atoms with Gasteiger partial charge in [-0.05, 0) is 19.1 Å². The van der Waals surface area contributed by atoms with Gasteiger partial charge in [0.25, 0.3) is 5.91 Å². The van der Waals surface area contributed by atoms with Crippen LogP contribution in [0, 0.1) is 6.92 Å². The molecule has 1 heterocycles. The number of carbonyl (C=O) groups is 1. The molecule has 1 amide bonds. The molecule has 22 heavy (non-hydrogen) atoms. The summed E-state index contributed by atoms with van der Waals surface area (Å²) in [4.78, 5) is 16.5. The van der Waals surface area contributed by atoms with E-state index in [-0.39, 0.29) is 5.91 Å². The van der Waals surface area contributed by atoms with Crippen LogP contribution in [0.3, 0.4) is 0 Å². The number of methoxy groups -OCH3 is 1. The number of para-hydroxylation sites is 1. The Balaban J connectivity index is 1.96. The Morgan fingerprint density at radius 1 is 1.09 bits per heavy atom. The number of hydrogen-bond acceptors (Lipinski definition) is 3. The standard InChI is InChI=1S/C18H16N2O2/c1-12-7-9-13(10-8-12)17-19-15(18(21)20-17)11-14-5-3-4-6-16(14)22-2/h3-11H,1-2H3,(H,19,20,21)/b15-11-. The third-order valence-electron chi connectivity index (χ3n) is 3.45. The maximum atomic E-state index is 12.1. The molecule has 0 bridgehead atoms. The van der Waals surface area contributed by atoms with Gasteiger partial charge in [0.2, 0.25) is 0 Å². The quantitative estimate of drug-likeness (QED) is 0.884. The minimum Gasteiger partial charge on any atom is -0.496 e. The molecule has 1 N–H and O–H groups in total. The van der Waals surface area contributed by atoms with Gasteiger partial charge in [-0.25, -0.2) is 4.99 Å². The fraction of sp³-hybridized carbons (Fsp3) is 0.111. The number of benzene rings is 2. The van der Waals surface area contributed by atoms with E-state index in [1.807, 2.05) is 55.5 Å². The van der Waals surface area contributed by atoms with Crippen LogP contribution in [0.2, 0.25) is 0 Å². The van der Waals surface area contributed by atoms with E-state index >= 15 is 0 Å². The minimum atomic E-state index is -0.207. The molecule has 0 fully saturated rings. The van der Waals surface area contributed by atoms with Gasteiger partial charge in [0.1, 0.15) is 17.3 Å². The second kappa shape index (κ2) is 5.85. The topological polar surface area (TPSA) is 50.7 Å². The zero-order chi connectivity index (χ0) is 15.5. The Bertz CT molecular complexity index is 774. The van der Waals surface area contributed by atoms with Gasteiger partial charge in [0.05, 0.1) is 7.11 Å². The lowest BCUT2D eigenvalue weighted by Gasteiger charge is -2.03. The van der Waals surface area contributed by atoms with Gasteiger partial charge in [-0.1, -0.05) is 48.0 Å². The molecule has 2 aromatic rings. The van der Waals surface area contributed by atoms with E-state index in [4.69, 9.17) is 4.74 Å². The van der Waals surface area contributed by atoms with E-state index in [9.17, 15) is 4.79 Å². The monoisotopic (exact) mass is 292 g/mol. The van der Waals surface area contributed by atoms with E-state index in [1.165, 1.54) is 5.56 Å². The molecule has 0 unspecified atom stereocenters. The number of rotatable bonds is 3. The van der Waals surface area contributed by atoms with Gasteiger partial charge < -0.3 is 10.1 Å². The van der Waals surface area contributed by atoms with Crippen molar-refractivity contribution in [2.45, 2.75) is 6.92 Å². The molecule has 0 aromatic heterocycles. The molecule has 1 aliphatic rings. The maximum absolute atomic E-state index is 12.1. The predicted molar refractivity (Wildman–Crippen MR) is 86.8 cm³/mol. The number of nitrogens with one attached hydrogen (secondary N) is 1. The lowest BCUT2D eigenvalue weighted by molar-refractivity contribution is -0.115. The predicted octanol–water partition coefficient (Wildman–Crippen LogP) is 2.92. The Hall–Kier alpha value is -2.88. The lowest BCUT2D eigenvalue weighted by atomic mass is 10.1. The number of amidine groups is 1. The first-order valence-corrected chi connectivity index (χ1v) is 6.99. The number of aryl methyl sites for hydroxylation is 1. The van der Waals surface area contributed by atoms with Crippen molar-refractivity contribution in [2.75, 3.05) is 7.11 Å². The highest BCUT2D eigenvalue weighted by molar-refractivity contribution is 6.19. The Labute approximate surface area is 129 Å². The van der Waals surface area contributed by atoms with Crippen molar-refractivity contribution in [3.8, 4) is 5.75 Å². The SMILES string of the molecule is COc1ccccc1/C=C1\N=C(c2ccc(C)cc2)NC1=O. The van der Waals surface area contributed by atoms with Crippen molar-refractivity contribution in [1.29, 1.82) is 0 Å². The molecule has 110 valence electrons.